The first-order chi connectivity index (χ1) is 20.1. The van der Waals surface area contributed by atoms with Gasteiger partial charge in [0.25, 0.3) is 0 Å². The van der Waals surface area contributed by atoms with Crippen LogP contribution in [0.2, 0.25) is 0 Å². The molecule has 2 aromatic heterocycles. The minimum atomic E-state index is -5.05. The highest BCUT2D eigenvalue weighted by atomic mass is 19.4. The summed E-state index contributed by atoms with van der Waals surface area (Å²) in [6, 6.07) is 3.21. The molecule has 4 saturated heterocycles. The second-order valence-electron chi connectivity index (χ2n) is 11.6. The molecule has 0 radical (unpaired) electrons. The molecule has 14 heteroatoms. The molecule has 0 spiro atoms. The Hall–Kier alpha value is -3.52. The van der Waals surface area contributed by atoms with E-state index in [9.17, 15) is 22.7 Å². The van der Waals surface area contributed by atoms with E-state index in [0.717, 1.165) is 50.4 Å². The van der Waals surface area contributed by atoms with Crippen LogP contribution in [-0.4, -0.2) is 87.9 Å². The van der Waals surface area contributed by atoms with Crippen LogP contribution in [0.3, 0.4) is 0 Å². The van der Waals surface area contributed by atoms with Crippen molar-refractivity contribution in [2.24, 2.45) is 0 Å². The van der Waals surface area contributed by atoms with Crippen molar-refractivity contribution in [2.45, 2.75) is 62.3 Å². The molecule has 4 aliphatic heterocycles. The third-order valence-electron chi connectivity index (χ3n) is 8.83. The van der Waals surface area contributed by atoms with Gasteiger partial charge in [-0.2, -0.15) is 9.97 Å². The zero-order valence-corrected chi connectivity index (χ0v) is 22.5. The lowest BCUT2D eigenvalue weighted by molar-refractivity contribution is -0.274. The molecule has 9 nitrogen and oxygen atoms in total. The molecule has 224 valence electrons. The third kappa shape index (κ3) is 4.93. The van der Waals surface area contributed by atoms with E-state index in [2.05, 4.69) is 29.9 Å². The number of aromatic nitrogens is 3. The Morgan fingerprint density at radius 1 is 1.12 bits per heavy atom. The van der Waals surface area contributed by atoms with Gasteiger partial charge in [-0.3, -0.25) is 9.88 Å². The quantitative estimate of drug-likeness (QED) is 0.406. The fraction of sp³-hybridized carbons (Fsp3) is 0.536. The Bertz CT molecular complexity index is 1510. The molecule has 7 rings (SSSR count). The van der Waals surface area contributed by atoms with Crippen molar-refractivity contribution >= 4 is 16.7 Å². The molecule has 0 aliphatic carbocycles. The number of halogens is 5. The van der Waals surface area contributed by atoms with E-state index in [1.54, 1.807) is 0 Å². The average molecular weight is 593 g/mol. The first kappa shape index (κ1) is 27.3. The smallest absolute Gasteiger partial charge is 0.508 e. The number of nitrogens with zero attached hydrogens (tertiary/aromatic N) is 5. The van der Waals surface area contributed by atoms with E-state index < -0.39 is 46.6 Å². The first-order valence-corrected chi connectivity index (χ1v) is 14.1. The van der Waals surface area contributed by atoms with Crippen LogP contribution in [0.4, 0.5) is 27.8 Å². The Morgan fingerprint density at radius 2 is 1.90 bits per heavy atom. The van der Waals surface area contributed by atoms with Crippen molar-refractivity contribution in [2.75, 3.05) is 37.7 Å². The van der Waals surface area contributed by atoms with Gasteiger partial charge in [-0.05, 0) is 50.4 Å². The van der Waals surface area contributed by atoms with E-state index in [-0.39, 0.29) is 35.6 Å². The topological polar surface area (TPSA) is 95.9 Å². The summed E-state index contributed by atoms with van der Waals surface area (Å²) >= 11 is 0. The Balaban J connectivity index is 1.32. The fourth-order valence-electron chi connectivity index (χ4n) is 7.05. The molecule has 1 aromatic carbocycles. The highest BCUT2D eigenvalue weighted by Gasteiger charge is 2.49. The minimum Gasteiger partial charge on any atom is -0.508 e. The standard InChI is InChI=1S/C28H29F5N6O3/c29-15-9-27(6-1-7-39(27)11-15)14-41-26-36-24-20(25(37-26)38-12-16-2-3-17(13-38)35-16)10-34-23(22(24)30)19-8-18(40)4-5-21(19)42-28(31,32)33/h4-5,8,10,15-17,35,40H,1-3,6-7,9,11-14H2/t15-,16?,17?,27?/m1/s1. The number of piperazine rings is 1. The van der Waals surface area contributed by atoms with Crippen LogP contribution in [0.5, 0.6) is 17.5 Å². The zero-order valence-electron chi connectivity index (χ0n) is 22.5. The van der Waals surface area contributed by atoms with Crippen LogP contribution in [0.25, 0.3) is 22.2 Å². The predicted molar refractivity (Wildman–Crippen MR) is 142 cm³/mol. The number of phenols is 1. The van der Waals surface area contributed by atoms with Crippen molar-refractivity contribution < 1.29 is 36.5 Å². The number of phenolic OH excluding ortho intramolecular Hbond substituents is 1. The van der Waals surface area contributed by atoms with E-state index in [1.807, 2.05) is 4.90 Å². The zero-order chi connectivity index (χ0) is 29.2. The number of alkyl halides is 4. The van der Waals surface area contributed by atoms with Crippen LogP contribution in [0, 0.1) is 5.82 Å². The summed E-state index contributed by atoms with van der Waals surface area (Å²) in [6.45, 7) is 2.46. The molecule has 0 saturated carbocycles. The lowest BCUT2D eigenvalue weighted by atomic mass is 9.95. The molecule has 2 N–H and O–H groups in total. The average Bonchev–Trinajstić information content (AvgIpc) is 3.58. The van der Waals surface area contributed by atoms with Crippen molar-refractivity contribution in [3.8, 4) is 28.8 Å². The van der Waals surface area contributed by atoms with Crippen LogP contribution in [-0.2, 0) is 0 Å². The SMILES string of the molecule is Oc1ccc(OC(F)(F)F)c(-c2ncc3c(N4CC5CCC(C4)N5)nc(OCC45CCCN4C[C@H](F)C5)nc3c2F)c1. The summed E-state index contributed by atoms with van der Waals surface area (Å²) in [5, 5.41) is 13.8. The lowest BCUT2D eigenvalue weighted by Crippen LogP contribution is -2.51. The molecular formula is C28H29F5N6O3. The molecular weight excluding hydrogens is 563 g/mol. The summed E-state index contributed by atoms with van der Waals surface area (Å²) in [6.07, 6.45) is -0.699. The molecule has 2 bridgehead atoms. The molecule has 4 fully saturated rings. The van der Waals surface area contributed by atoms with Crippen molar-refractivity contribution in [3.63, 3.8) is 0 Å². The molecule has 3 aromatic rings. The highest BCUT2D eigenvalue weighted by Crippen LogP contribution is 2.42. The molecule has 6 heterocycles. The maximum Gasteiger partial charge on any atom is 0.573 e. The van der Waals surface area contributed by atoms with Crippen LogP contribution in [0.15, 0.2) is 24.4 Å². The molecule has 0 amide bonds. The number of hydrogen-bond donors (Lipinski definition) is 2. The van der Waals surface area contributed by atoms with Crippen molar-refractivity contribution in [3.05, 3.63) is 30.2 Å². The van der Waals surface area contributed by atoms with Gasteiger partial charge in [0, 0.05) is 49.9 Å². The normalized spacial score (nSPS) is 27.5. The monoisotopic (exact) mass is 592 g/mol. The predicted octanol–water partition coefficient (Wildman–Crippen LogP) is 4.33. The summed E-state index contributed by atoms with van der Waals surface area (Å²) in [7, 11) is 0. The van der Waals surface area contributed by atoms with Gasteiger partial charge in [0.15, 0.2) is 5.82 Å². The number of pyridine rings is 1. The number of ether oxygens (including phenoxy) is 2. The Kier molecular flexibility index (Phi) is 6.53. The number of anilines is 1. The van der Waals surface area contributed by atoms with E-state index >= 15 is 4.39 Å². The fourth-order valence-corrected chi connectivity index (χ4v) is 7.05. The van der Waals surface area contributed by atoms with Gasteiger partial charge in [-0.1, -0.05) is 0 Å². The number of aromatic hydroxyl groups is 1. The van der Waals surface area contributed by atoms with E-state index in [4.69, 9.17) is 4.74 Å². The number of benzene rings is 1. The van der Waals surface area contributed by atoms with Gasteiger partial charge >= 0.3 is 12.4 Å². The second-order valence-corrected chi connectivity index (χ2v) is 11.6. The van der Waals surface area contributed by atoms with Gasteiger partial charge in [0.2, 0.25) is 0 Å². The number of nitrogens with one attached hydrogen (secondary N) is 1. The largest absolute Gasteiger partial charge is 0.573 e. The molecule has 4 atom stereocenters. The Morgan fingerprint density at radius 3 is 2.67 bits per heavy atom. The number of hydrogen-bond acceptors (Lipinski definition) is 9. The van der Waals surface area contributed by atoms with E-state index in [0.29, 0.717) is 31.9 Å². The van der Waals surface area contributed by atoms with Gasteiger partial charge in [0.05, 0.1) is 10.9 Å². The van der Waals surface area contributed by atoms with Crippen molar-refractivity contribution in [1.82, 2.24) is 25.2 Å². The molecule has 42 heavy (non-hydrogen) atoms. The maximum absolute atomic E-state index is 16.3. The van der Waals surface area contributed by atoms with Crippen LogP contribution < -0.4 is 19.7 Å². The minimum absolute atomic E-state index is 0.106. The highest BCUT2D eigenvalue weighted by molar-refractivity contribution is 5.92. The lowest BCUT2D eigenvalue weighted by Gasteiger charge is -2.34. The first-order valence-electron chi connectivity index (χ1n) is 14.1. The number of fused-ring (bicyclic) bond motifs is 4. The van der Waals surface area contributed by atoms with Gasteiger partial charge < -0.3 is 24.8 Å². The second kappa shape index (κ2) is 10.0. The number of rotatable bonds is 6. The van der Waals surface area contributed by atoms with Gasteiger partial charge in [-0.25, -0.2) is 8.78 Å². The maximum atomic E-state index is 16.3. The summed E-state index contributed by atoms with van der Waals surface area (Å²) < 4.78 is 80.2. The summed E-state index contributed by atoms with van der Waals surface area (Å²) in [5.74, 6) is -1.72. The van der Waals surface area contributed by atoms with Crippen molar-refractivity contribution in [1.29, 1.82) is 0 Å². The molecule has 3 unspecified atom stereocenters. The molecule has 4 aliphatic rings. The van der Waals surface area contributed by atoms with Gasteiger partial charge in [0.1, 0.15) is 41.3 Å². The summed E-state index contributed by atoms with van der Waals surface area (Å²) in [5.41, 5.74) is -1.55. The van der Waals surface area contributed by atoms with Crippen LogP contribution in [0.1, 0.15) is 32.1 Å². The Labute approximate surface area is 237 Å². The summed E-state index contributed by atoms with van der Waals surface area (Å²) in [4.78, 5) is 17.3. The van der Waals surface area contributed by atoms with E-state index in [1.165, 1.54) is 6.20 Å². The third-order valence-corrected chi connectivity index (χ3v) is 8.83. The van der Waals surface area contributed by atoms with Crippen LogP contribution >= 0.6 is 0 Å². The van der Waals surface area contributed by atoms with Gasteiger partial charge in [-0.15, -0.1) is 13.2 Å².